The van der Waals surface area contributed by atoms with Crippen LogP contribution in [0.25, 0.3) is 21.8 Å². The van der Waals surface area contributed by atoms with Crippen molar-refractivity contribution in [1.82, 2.24) is 15.3 Å². The number of para-hydroxylation sites is 1. The molecular formula is C22H20N4O3. The molecule has 0 atom stereocenters. The summed E-state index contributed by atoms with van der Waals surface area (Å²) in [6.45, 7) is 1.51. The summed E-state index contributed by atoms with van der Waals surface area (Å²) in [7, 11) is 0. The van der Waals surface area contributed by atoms with Gasteiger partial charge < -0.3 is 25.5 Å². The van der Waals surface area contributed by atoms with Crippen molar-refractivity contribution in [3.8, 4) is 11.5 Å². The van der Waals surface area contributed by atoms with Gasteiger partial charge in [0.15, 0.2) is 11.5 Å². The van der Waals surface area contributed by atoms with Gasteiger partial charge in [-0.15, -0.1) is 0 Å². The van der Waals surface area contributed by atoms with Crippen LogP contribution >= 0.6 is 0 Å². The predicted molar refractivity (Wildman–Crippen MR) is 111 cm³/mol. The first kappa shape index (κ1) is 17.4. The van der Waals surface area contributed by atoms with Gasteiger partial charge in [0, 0.05) is 35.1 Å². The maximum atomic E-state index is 12.7. The lowest BCUT2D eigenvalue weighted by Crippen LogP contribution is -2.26. The van der Waals surface area contributed by atoms with Gasteiger partial charge in [-0.05, 0) is 30.2 Å². The molecule has 0 saturated heterocycles. The maximum Gasteiger partial charge on any atom is 0.255 e. The number of nitrogens with two attached hydrogens (primary N) is 1. The molecule has 29 heavy (non-hydrogen) atoms. The number of amides is 1. The average Bonchev–Trinajstić information content (AvgIpc) is 3.15. The Morgan fingerprint density at radius 2 is 1.93 bits per heavy atom. The van der Waals surface area contributed by atoms with E-state index in [0.717, 1.165) is 22.9 Å². The van der Waals surface area contributed by atoms with E-state index in [1.54, 1.807) is 12.1 Å². The minimum atomic E-state index is -0.244. The number of fused-ring (bicyclic) bond motifs is 3. The van der Waals surface area contributed by atoms with Gasteiger partial charge in [-0.25, -0.2) is 4.98 Å². The third kappa shape index (κ3) is 3.20. The quantitative estimate of drug-likeness (QED) is 0.499. The lowest BCUT2D eigenvalue weighted by Gasteiger charge is -2.19. The fourth-order valence-electron chi connectivity index (χ4n) is 3.65. The normalized spacial score (nSPS) is 13.0. The molecule has 146 valence electrons. The number of ether oxygens (including phenoxy) is 2. The second-order valence-electron chi connectivity index (χ2n) is 6.98. The summed E-state index contributed by atoms with van der Waals surface area (Å²) >= 11 is 0. The topological polar surface area (TPSA) is 102 Å². The van der Waals surface area contributed by atoms with E-state index in [2.05, 4.69) is 21.4 Å². The molecule has 3 heterocycles. The van der Waals surface area contributed by atoms with Crippen LogP contribution in [0, 0.1) is 0 Å². The molecule has 2 aromatic carbocycles. The number of pyridine rings is 1. The zero-order valence-electron chi connectivity index (χ0n) is 15.7. The van der Waals surface area contributed by atoms with Crippen LogP contribution in [0.15, 0.2) is 48.7 Å². The molecule has 7 heteroatoms. The SMILES string of the molecule is Nc1nc2cc3c(cc2cc1C(=O)NCCc1c[nH]c2ccccc12)OCCO3. The standard InChI is InChI=1S/C22H20N4O3/c23-21-16(9-14-10-19-20(11-18(14)26-21)29-8-7-28-19)22(27)24-6-5-13-12-25-17-4-2-1-3-15(13)17/h1-4,9-12,25H,5-8H2,(H2,23,26)(H,24,27). The van der Waals surface area contributed by atoms with Crippen molar-refractivity contribution in [1.29, 1.82) is 0 Å². The minimum absolute atomic E-state index is 0.193. The van der Waals surface area contributed by atoms with Gasteiger partial charge in [-0.1, -0.05) is 18.2 Å². The smallest absolute Gasteiger partial charge is 0.255 e. The summed E-state index contributed by atoms with van der Waals surface area (Å²) in [6.07, 6.45) is 2.70. The van der Waals surface area contributed by atoms with Gasteiger partial charge in [0.05, 0.1) is 11.1 Å². The molecule has 7 nitrogen and oxygen atoms in total. The van der Waals surface area contributed by atoms with Gasteiger partial charge in [0.1, 0.15) is 19.0 Å². The second kappa shape index (κ2) is 7.01. The highest BCUT2D eigenvalue weighted by atomic mass is 16.6. The van der Waals surface area contributed by atoms with Crippen molar-refractivity contribution in [2.75, 3.05) is 25.5 Å². The Balaban J connectivity index is 1.34. The maximum absolute atomic E-state index is 12.7. The number of anilines is 1. The largest absolute Gasteiger partial charge is 0.486 e. The van der Waals surface area contributed by atoms with Crippen LogP contribution in [0.4, 0.5) is 5.82 Å². The van der Waals surface area contributed by atoms with E-state index in [4.69, 9.17) is 15.2 Å². The number of hydrogen-bond donors (Lipinski definition) is 3. The molecule has 4 N–H and O–H groups in total. The van der Waals surface area contributed by atoms with Gasteiger partial charge in [-0.2, -0.15) is 0 Å². The molecule has 0 fully saturated rings. The van der Waals surface area contributed by atoms with E-state index in [-0.39, 0.29) is 11.7 Å². The van der Waals surface area contributed by atoms with E-state index < -0.39 is 0 Å². The summed E-state index contributed by atoms with van der Waals surface area (Å²) in [4.78, 5) is 20.3. The van der Waals surface area contributed by atoms with Crippen LogP contribution in [0.2, 0.25) is 0 Å². The van der Waals surface area contributed by atoms with Crippen molar-refractivity contribution in [2.24, 2.45) is 0 Å². The highest BCUT2D eigenvalue weighted by molar-refractivity contribution is 6.02. The summed E-state index contributed by atoms with van der Waals surface area (Å²) in [5, 5.41) is 4.89. The number of carbonyl (C=O) groups is 1. The first-order chi connectivity index (χ1) is 14.2. The molecule has 1 aliphatic rings. The van der Waals surface area contributed by atoms with Crippen molar-refractivity contribution in [3.05, 3.63) is 59.8 Å². The lowest BCUT2D eigenvalue weighted by atomic mass is 10.1. The number of H-pyrrole nitrogens is 1. The summed E-state index contributed by atoms with van der Waals surface area (Å²) in [5.74, 6) is 1.25. The van der Waals surface area contributed by atoms with E-state index in [0.29, 0.717) is 42.3 Å². The Morgan fingerprint density at radius 1 is 1.14 bits per heavy atom. The molecule has 0 unspecified atom stereocenters. The number of aromatic nitrogens is 2. The van der Waals surface area contributed by atoms with Crippen LogP contribution in [0.1, 0.15) is 15.9 Å². The summed E-state index contributed by atoms with van der Waals surface area (Å²) in [6, 6.07) is 13.5. The molecule has 0 saturated carbocycles. The number of nitrogens with one attached hydrogen (secondary N) is 2. The first-order valence-electron chi connectivity index (χ1n) is 9.52. The van der Waals surface area contributed by atoms with E-state index in [1.807, 2.05) is 30.5 Å². The van der Waals surface area contributed by atoms with Crippen LogP contribution in [-0.4, -0.2) is 35.6 Å². The van der Waals surface area contributed by atoms with E-state index in [1.165, 1.54) is 5.39 Å². The molecule has 0 spiro atoms. The van der Waals surface area contributed by atoms with Crippen molar-refractivity contribution in [2.45, 2.75) is 6.42 Å². The summed E-state index contributed by atoms with van der Waals surface area (Å²) < 4.78 is 11.2. The number of aromatic amines is 1. The number of nitrogen functional groups attached to an aromatic ring is 1. The minimum Gasteiger partial charge on any atom is -0.486 e. The number of benzene rings is 2. The Bertz CT molecular complexity index is 1230. The van der Waals surface area contributed by atoms with Gasteiger partial charge in [0.2, 0.25) is 0 Å². The number of nitrogens with zero attached hydrogens (tertiary/aromatic N) is 1. The monoisotopic (exact) mass is 388 g/mol. The molecule has 0 bridgehead atoms. The number of carbonyl (C=O) groups excluding carboxylic acids is 1. The van der Waals surface area contributed by atoms with Gasteiger partial charge in [-0.3, -0.25) is 4.79 Å². The molecule has 0 aliphatic carbocycles. The van der Waals surface area contributed by atoms with E-state index in [9.17, 15) is 4.79 Å². The summed E-state index contributed by atoms with van der Waals surface area (Å²) in [5.41, 5.74) is 9.33. The Labute approximate surface area is 166 Å². The third-order valence-corrected chi connectivity index (χ3v) is 5.11. The average molecular weight is 388 g/mol. The third-order valence-electron chi connectivity index (χ3n) is 5.11. The fourth-order valence-corrected chi connectivity index (χ4v) is 3.65. The molecule has 1 aliphatic heterocycles. The van der Waals surface area contributed by atoms with Crippen LogP contribution < -0.4 is 20.5 Å². The molecule has 5 rings (SSSR count). The van der Waals surface area contributed by atoms with Crippen LogP contribution in [0.3, 0.4) is 0 Å². The number of hydrogen-bond acceptors (Lipinski definition) is 5. The van der Waals surface area contributed by atoms with Crippen molar-refractivity contribution >= 4 is 33.5 Å². The molecule has 2 aromatic heterocycles. The van der Waals surface area contributed by atoms with Gasteiger partial charge in [0.25, 0.3) is 5.91 Å². The fraction of sp³-hybridized carbons (Fsp3) is 0.182. The van der Waals surface area contributed by atoms with Crippen molar-refractivity contribution < 1.29 is 14.3 Å². The Hall–Kier alpha value is -3.74. The Kier molecular flexibility index (Phi) is 4.20. The first-order valence-corrected chi connectivity index (χ1v) is 9.52. The lowest BCUT2D eigenvalue weighted by molar-refractivity contribution is 0.0955. The molecular weight excluding hydrogens is 368 g/mol. The predicted octanol–water partition coefficient (Wildman–Crippen LogP) is 3.04. The van der Waals surface area contributed by atoms with Crippen LogP contribution in [0.5, 0.6) is 11.5 Å². The highest BCUT2D eigenvalue weighted by Crippen LogP contribution is 2.34. The second-order valence-corrected chi connectivity index (χ2v) is 6.98. The van der Waals surface area contributed by atoms with E-state index >= 15 is 0 Å². The van der Waals surface area contributed by atoms with Gasteiger partial charge >= 0.3 is 0 Å². The molecule has 4 aromatic rings. The molecule has 1 amide bonds. The van der Waals surface area contributed by atoms with Crippen molar-refractivity contribution in [3.63, 3.8) is 0 Å². The zero-order valence-corrected chi connectivity index (χ0v) is 15.7. The van der Waals surface area contributed by atoms with Crippen LogP contribution in [-0.2, 0) is 6.42 Å². The molecule has 0 radical (unpaired) electrons. The highest BCUT2D eigenvalue weighted by Gasteiger charge is 2.17. The number of rotatable bonds is 4. The Morgan fingerprint density at radius 3 is 2.79 bits per heavy atom. The zero-order chi connectivity index (χ0) is 19.8.